The second-order valence-electron chi connectivity index (χ2n) is 11.0. The Kier molecular flexibility index (Phi) is 10.6. The molecule has 2 heterocycles. The molecule has 0 atom stereocenters. The van der Waals surface area contributed by atoms with E-state index in [-0.39, 0.29) is 67.2 Å². The van der Waals surface area contributed by atoms with Gasteiger partial charge in [-0.2, -0.15) is 31.3 Å². The van der Waals surface area contributed by atoms with Gasteiger partial charge in [0, 0.05) is 26.1 Å². The number of aryl methyl sites for hydroxylation is 1. The second kappa shape index (κ2) is 14.1. The highest BCUT2D eigenvalue weighted by Crippen LogP contribution is 2.39. The summed E-state index contributed by atoms with van der Waals surface area (Å²) in [5, 5.41) is 7.85. The van der Waals surface area contributed by atoms with Gasteiger partial charge in [-0.25, -0.2) is 13.8 Å². The zero-order chi connectivity index (χ0) is 33.8. The fraction of sp³-hybridized carbons (Fsp3) is 0.517. The molecule has 1 saturated carbocycles. The number of alkyl halides is 8. The smallest absolute Gasteiger partial charge is 0.418 e. The Morgan fingerprint density at radius 3 is 2.35 bits per heavy atom. The van der Waals surface area contributed by atoms with Gasteiger partial charge in [-0.3, -0.25) is 14.2 Å². The Bertz CT molecular complexity index is 1550. The number of hydrogen-bond acceptors (Lipinski definition) is 6. The van der Waals surface area contributed by atoms with E-state index in [4.69, 9.17) is 4.74 Å². The van der Waals surface area contributed by atoms with Crippen molar-refractivity contribution in [2.24, 2.45) is 13.0 Å². The second-order valence-corrected chi connectivity index (χ2v) is 11.0. The lowest BCUT2D eigenvalue weighted by molar-refractivity contribution is -0.182. The summed E-state index contributed by atoms with van der Waals surface area (Å²) >= 11 is 0. The lowest BCUT2D eigenvalue weighted by atomic mass is 9.85. The number of rotatable bonds is 11. The van der Waals surface area contributed by atoms with Crippen LogP contribution in [0.25, 0.3) is 11.2 Å². The van der Waals surface area contributed by atoms with E-state index < -0.39 is 60.4 Å². The third-order valence-corrected chi connectivity index (χ3v) is 7.53. The number of carbonyl (C=O) groups is 2. The fourth-order valence-electron chi connectivity index (χ4n) is 5.14. The first kappa shape index (κ1) is 34.7. The molecule has 17 heteroatoms. The monoisotopic (exact) mass is 664 g/mol. The van der Waals surface area contributed by atoms with E-state index in [1.807, 2.05) is 0 Å². The van der Waals surface area contributed by atoms with Crippen LogP contribution < -0.4 is 20.7 Å². The highest BCUT2D eigenvalue weighted by Gasteiger charge is 2.41. The van der Waals surface area contributed by atoms with Crippen LogP contribution in [0.1, 0.15) is 66.9 Å². The summed E-state index contributed by atoms with van der Waals surface area (Å²) in [5.74, 6) is -3.25. The van der Waals surface area contributed by atoms with Crippen LogP contribution in [0.5, 0.6) is 5.88 Å². The summed E-state index contributed by atoms with van der Waals surface area (Å²) in [6.45, 7) is 0.646. The number of imidazole rings is 1. The first-order valence-corrected chi connectivity index (χ1v) is 14.5. The highest BCUT2D eigenvalue weighted by atomic mass is 19.4. The minimum Gasteiger partial charge on any atom is -0.471 e. The van der Waals surface area contributed by atoms with Gasteiger partial charge < -0.3 is 20.7 Å². The SMILES string of the molecule is CCCC(=O)NCc1ccc(C(F)(F)F)c(Nc2nc3cc(C(=O)NC4CCC(C(F)(F)F)CC4)c(OCC(F)F)nc3n2C)c1. The minimum atomic E-state index is -4.77. The number of benzene rings is 1. The Morgan fingerprint density at radius 2 is 1.74 bits per heavy atom. The van der Waals surface area contributed by atoms with E-state index in [9.17, 15) is 44.7 Å². The van der Waals surface area contributed by atoms with Gasteiger partial charge in [0.25, 0.3) is 12.3 Å². The summed E-state index contributed by atoms with van der Waals surface area (Å²) in [5.41, 5.74) is -1.41. The predicted molar refractivity (Wildman–Crippen MR) is 151 cm³/mol. The van der Waals surface area contributed by atoms with Crippen LogP contribution in [0.4, 0.5) is 46.8 Å². The molecular weight excluding hydrogens is 632 g/mol. The number of carbonyl (C=O) groups excluding carboxylic acids is 2. The summed E-state index contributed by atoms with van der Waals surface area (Å²) in [4.78, 5) is 33.5. The fourth-order valence-corrected chi connectivity index (χ4v) is 5.14. The van der Waals surface area contributed by atoms with Crippen molar-refractivity contribution in [2.75, 3.05) is 11.9 Å². The molecule has 1 aliphatic rings. The van der Waals surface area contributed by atoms with Crippen LogP contribution in [0, 0.1) is 5.92 Å². The Balaban J connectivity index is 1.64. The van der Waals surface area contributed by atoms with Crippen LogP contribution in [-0.2, 0) is 24.6 Å². The normalized spacial score (nSPS) is 17.3. The Labute approximate surface area is 258 Å². The van der Waals surface area contributed by atoms with Crippen LogP contribution in [0.15, 0.2) is 24.3 Å². The van der Waals surface area contributed by atoms with Crippen LogP contribution >= 0.6 is 0 Å². The third-order valence-electron chi connectivity index (χ3n) is 7.53. The summed E-state index contributed by atoms with van der Waals surface area (Å²) < 4.78 is 113. The molecule has 46 heavy (non-hydrogen) atoms. The molecule has 0 saturated heterocycles. The maximum Gasteiger partial charge on any atom is 0.418 e. The number of hydrogen-bond donors (Lipinski definition) is 3. The maximum atomic E-state index is 13.9. The largest absolute Gasteiger partial charge is 0.471 e. The van der Waals surface area contributed by atoms with E-state index in [2.05, 4.69) is 25.9 Å². The zero-order valence-corrected chi connectivity index (χ0v) is 24.8. The van der Waals surface area contributed by atoms with Gasteiger partial charge in [-0.05, 0) is 55.9 Å². The van der Waals surface area contributed by atoms with Crippen molar-refractivity contribution in [1.82, 2.24) is 25.2 Å². The predicted octanol–water partition coefficient (Wildman–Crippen LogP) is 6.64. The minimum absolute atomic E-state index is 0.00290. The molecule has 252 valence electrons. The zero-order valence-electron chi connectivity index (χ0n) is 24.8. The maximum absolute atomic E-state index is 13.9. The van der Waals surface area contributed by atoms with Gasteiger partial charge in [0.2, 0.25) is 17.7 Å². The quantitative estimate of drug-likeness (QED) is 0.198. The van der Waals surface area contributed by atoms with Crippen LogP contribution in [0.3, 0.4) is 0 Å². The van der Waals surface area contributed by atoms with Crippen molar-refractivity contribution in [3.63, 3.8) is 0 Å². The van der Waals surface area contributed by atoms with Gasteiger partial charge in [-0.15, -0.1) is 0 Å². The average molecular weight is 665 g/mol. The molecule has 0 spiro atoms. The van der Waals surface area contributed by atoms with E-state index >= 15 is 0 Å². The first-order chi connectivity index (χ1) is 21.6. The van der Waals surface area contributed by atoms with Crippen LogP contribution in [0.2, 0.25) is 0 Å². The van der Waals surface area contributed by atoms with Gasteiger partial charge >= 0.3 is 12.4 Å². The number of pyridine rings is 1. The molecule has 2 amide bonds. The van der Waals surface area contributed by atoms with E-state index in [1.54, 1.807) is 6.92 Å². The van der Waals surface area contributed by atoms with Gasteiger partial charge in [0.05, 0.1) is 17.2 Å². The van der Waals surface area contributed by atoms with Gasteiger partial charge in [0.15, 0.2) is 12.3 Å². The third kappa shape index (κ3) is 8.54. The van der Waals surface area contributed by atoms with Crippen molar-refractivity contribution in [1.29, 1.82) is 0 Å². The summed E-state index contributed by atoms with van der Waals surface area (Å²) in [6, 6.07) is 3.82. The molecule has 0 aliphatic heterocycles. The lowest BCUT2D eigenvalue weighted by Gasteiger charge is -2.30. The average Bonchev–Trinajstić information content (AvgIpc) is 3.27. The number of aromatic nitrogens is 3. The number of amides is 2. The van der Waals surface area contributed by atoms with Gasteiger partial charge in [0.1, 0.15) is 11.1 Å². The van der Waals surface area contributed by atoms with Crippen molar-refractivity contribution in [3.05, 3.63) is 41.0 Å². The molecule has 1 aliphatic carbocycles. The van der Waals surface area contributed by atoms with Crippen LogP contribution in [-0.4, -0.2) is 51.6 Å². The number of ether oxygens (including phenoxy) is 1. The Hall–Kier alpha value is -4.18. The Morgan fingerprint density at radius 1 is 1.04 bits per heavy atom. The molecule has 4 rings (SSSR count). The molecule has 3 aromatic rings. The molecule has 0 unspecified atom stereocenters. The van der Waals surface area contributed by atoms with Crippen molar-refractivity contribution < 1.29 is 49.4 Å². The summed E-state index contributed by atoms with van der Waals surface area (Å²) in [6.07, 6.45) is -11.5. The molecule has 9 nitrogen and oxygen atoms in total. The molecule has 1 fully saturated rings. The van der Waals surface area contributed by atoms with Gasteiger partial charge in [-0.1, -0.05) is 13.0 Å². The van der Waals surface area contributed by atoms with Crippen molar-refractivity contribution in [3.8, 4) is 5.88 Å². The standard InChI is InChI=1S/C29H32F8N6O3/c1-3-4-23(44)38-13-15-5-10-19(29(35,36)37)20(11-15)40-27-41-21-12-18(26(46-14-22(30)31)42-24(21)43(27)2)25(45)39-17-8-6-16(7-9-17)28(32,33)34/h5,10-12,16-17,22H,3-4,6-9,13-14H2,1-2H3,(H,38,44)(H,39,45)(H,40,41). The number of nitrogens with one attached hydrogen (secondary N) is 3. The van der Waals surface area contributed by atoms with Crippen molar-refractivity contribution >= 4 is 34.6 Å². The molecule has 0 bridgehead atoms. The number of nitrogens with zero attached hydrogens (tertiary/aromatic N) is 3. The van der Waals surface area contributed by atoms with Crippen molar-refractivity contribution in [2.45, 2.75) is 76.8 Å². The van der Waals surface area contributed by atoms with E-state index in [0.717, 1.165) is 12.1 Å². The first-order valence-electron chi connectivity index (χ1n) is 14.5. The highest BCUT2D eigenvalue weighted by molar-refractivity contribution is 5.99. The number of anilines is 2. The van der Waals surface area contributed by atoms with E-state index in [1.165, 1.54) is 23.7 Å². The molecule has 3 N–H and O–H groups in total. The molecule has 0 radical (unpaired) electrons. The topological polar surface area (TPSA) is 110 Å². The lowest BCUT2D eigenvalue weighted by Crippen LogP contribution is -2.40. The molecular formula is C29H32F8N6O3. The summed E-state index contributed by atoms with van der Waals surface area (Å²) in [7, 11) is 1.39. The van der Waals surface area contributed by atoms with E-state index in [0.29, 0.717) is 12.0 Å². The molecule has 1 aromatic carbocycles. The number of fused-ring (bicyclic) bond motifs is 1. The molecule has 2 aromatic heterocycles. The number of halogens is 8.